The second kappa shape index (κ2) is 6.65. The fourth-order valence-electron chi connectivity index (χ4n) is 2.62. The highest BCUT2D eigenvalue weighted by atomic mass is 15.2. The molecule has 0 amide bonds. The van der Waals surface area contributed by atoms with Crippen LogP contribution >= 0.6 is 0 Å². The van der Waals surface area contributed by atoms with Gasteiger partial charge < -0.3 is 4.90 Å². The van der Waals surface area contributed by atoms with Crippen LogP contribution in [0.25, 0.3) is 0 Å². The van der Waals surface area contributed by atoms with Gasteiger partial charge in [-0.15, -0.1) is 0 Å². The Morgan fingerprint density at radius 2 is 2.37 bits per heavy atom. The molecule has 1 aromatic heterocycles. The van der Waals surface area contributed by atoms with Gasteiger partial charge in [-0.25, -0.2) is 0 Å². The standard InChI is InChI=1S/C15H22N4/c1-13-6-9-18(2)15(5-7-16)12-19(13)11-14-4-3-8-17-10-14/h3-4,8,10,13,15H,5-6,9,11-12H2,1-2H3. The van der Waals surface area contributed by atoms with Crippen molar-refractivity contribution in [1.29, 1.82) is 5.26 Å². The molecule has 4 nitrogen and oxygen atoms in total. The van der Waals surface area contributed by atoms with Crippen molar-refractivity contribution in [3.05, 3.63) is 30.1 Å². The number of aromatic nitrogens is 1. The van der Waals surface area contributed by atoms with Crippen molar-refractivity contribution < 1.29 is 0 Å². The van der Waals surface area contributed by atoms with E-state index in [1.165, 1.54) is 5.56 Å². The van der Waals surface area contributed by atoms with E-state index in [0.717, 1.165) is 26.1 Å². The molecule has 1 aliphatic heterocycles. The minimum atomic E-state index is 0.339. The molecule has 0 aliphatic carbocycles. The lowest BCUT2D eigenvalue weighted by Gasteiger charge is -2.29. The summed E-state index contributed by atoms with van der Waals surface area (Å²) in [5, 5.41) is 8.96. The third-order valence-corrected chi connectivity index (χ3v) is 4.03. The zero-order chi connectivity index (χ0) is 13.7. The Morgan fingerprint density at radius 3 is 3.05 bits per heavy atom. The van der Waals surface area contributed by atoms with E-state index in [4.69, 9.17) is 5.26 Å². The van der Waals surface area contributed by atoms with E-state index < -0.39 is 0 Å². The topological polar surface area (TPSA) is 43.2 Å². The Labute approximate surface area is 115 Å². The third-order valence-electron chi connectivity index (χ3n) is 4.03. The van der Waals surface area contributed by atoms with E-state index >= 15 is 0 Å². The summed E-state index contributed by atoms with van der Waals surface area (Å²) < 4.78 is 0. The molecular weight excluding hydrogens is 236 g/mol. The summed E-state index contributed by atoms with van der Waals surface area (Å²) in [6.45, 7) is 5.22. The Hall–Kier alpha value is -1.44. The van der Waals surface area contributed by atoms with Crippen LogP contribution in [0.3, 0.4) is 0 Å². The van der Waals surface area contributed by atoms with E-state index in [-0.39, 0.29) is 0 Å². The van der Waals surface area contributed by atoms with Gasteiger partial charge in [-0.05, 0) is 38.6 Å². The fraction of sp³-hybridized carbons (Fsp3) is 0.600. The molecule has 1 aromatic rings. The zero-order valence-electron chi connectivity index (χ0n) is 11.8. The van der Waals surface area contributed by atoms with Gasteiger partial charge in [0.05, 0.1) is 12.5 Å². The molecular formula is C15H22N4. The Bertz CT molecular complexity index is 426. The van der Waals surface area contributed by atoms with Crippen molar-refractivity contribution in [2.75, 3.05) is 20.1 Å². The molecule has 0 bridgehead atoms. The number of hydrogen-bond acceptors (Lipinski definition) is 4. The van der Waals surface area contributed by atoms with E-state index in [9.17, 15) is 0 Å². The average molecular weight is 258 g/mol. The molecule has 1 fully saturated rings. The monoisotopic (exact) mass is 258 g/mol. The number of hydrogen-bond donors (Lipinski definition) is 0. The number of pyridine rings is 1. The summed E-state index contributed by atoms with van der Waals surface area (Å²) in [6, 6.07) is 7.30. The lowest BCUT2D eigenvalue weighted by atomic mass is 10.1. The zero-order valence-corrected chi connectivity index (χ0v) is 11.8. The Balaban J connectivity index is 2.07. The Kier molecular flexibility index (Phi) is 4.89. The first-order valence-electron chi connectivity index (χ1n) is 6.91. The Morgan fingerprint density at radius 1 is 1.53 bits per heavy atom. The summed E-state index contributed by atoms with van der Waals surface area (Å²) in [5.41, 5.74) is 1.25. The minimum Gasteiger partial charge on any atom is -0.301 e. The second-order valence-corrected chi connectivity index (χ2v) is 5.43. The van der Waals surface area contributed by atoms with Crippen molar-refractivity contribution in [3.8, 4) is 6.07 Å². The van der Waals surface area contributed by atoms with E-state index in [2.05, 4.69) is 40.9 Å². The first-order valence-corrected chi connectivity index (χ1v) is 6.91. The quantitative estimate of drug-likeness (QED) is 0.830. The smallest absolute Gasteiger partial charge is 0.0638 e. The minimum absolute atomic E-state index is 0.339. The number of nitriles is 1. The molecule has 1 saturated heterocycles. The van der Waals surface area contributed by atoms with Gasteiger partial charge in [-0.3, -0.25) is 9.88 Å². The normalized spacial score (nSPS) is 25.7. The molecule has 0 aromatic carbocycles. The first kappa shape index (κ1) is 14.0. The SMILES string of the molecule is CC1CCN(C)C(CC#N)CN1Cc1cccnc1. The van der Waals surface area contributed by atoms with Gasteiger partial charge in [0.15, 0.2) is 0 Å². The van der Waals surface area contributed by atoms with E-state index in [1.54, 1.807) is 0 Å². The largest absolute Gasteiger partial charge is 0.301 e. The van der Waals surface area contributed by atoms with Crippen LogP contribution < -0.4 is 0 Å². The molecule has 1 aliphatic rings. The van der Waals surface area contributed by atoms with Gasteiger partial charge in [-0.2, -0.15) is 5.26 Å². The van der Waals surface area contributed by atoms with Crippen LogP contribution in [0.1, 0.15) is 25.3 Å². The van der Waals surface area contributed by atoms with Crippen LogP contribution in [0.4, 0.5) is 0 Å². The predicted molar refractivity (Wildman–Crippen MR) is 75.4 cm³/mol. The number of likely N-dealkylation sites (N-methyl/N-ethyl adjacent to an activating group) is 1. The molecule has 2 unspecified atom stereocenters. The summed E-state index contributed by atoms with van der Waals surface area (Å²) in [5.74, 6) is 0. The second-order valence-electron chi connectivity index (χ2n) is 5.43. The molecule has 0 saturated carbocycles. The van der Waals surface area contributed by atoms with E-state index in [1.807, 2.05) is 18.5 Å². The molecule has 4 heteroatoms. The van der Waals surface area contributed by atoms with Gasteiger partial charge in [0.1, 0.15) is 0 Å². The lowest BCUT2D eigenvalue weighted by molar-refractivity contribution is 0.175. The fourth-order valence-corrected chi connectivity index (χ4v) is 2.62. The molecule has 2 atom stereocenters. The maximum absolute atomic E-state index is 8.96. The van der Waals surface area contributed by atoms with Crippen molar-refractivity contribution >= 4 is 0 Å². The molecule has 2 heterocycles. The molecule has 19 heavy (non-hydrogen) atoms. The van der Waals surface area contributed by atoms with Crippen LogP contribution in [0.5, 0.6) is 0 Å². The van der Waals surface area contributed by atoms with Gasteiger partial charge in [0.25, 0.3) is 0 Å². The van der Waals surface area contributed by atoms with Crippen molar-refractivity contribution in [2.24, 2.45) is 0 Å². The van der Waals surface area contributed by atoms with Crippen LogP contribution in [-0.4, -0.2) is 47.0 Å². The maximum Gasteiger partial charge on any atom is 0.0638 e. The summed E-state index contributed by atoms with van der Waals surface area (Å²) in [4.78, 5) is 8.98. The molecule has 2 rings (SSSR count). The van der Waals surface area contributed by atoms with Gasteiger partial charge in [0.2, 0.25) is 0 Å². The van der Waals surface area contributed by atoms with Crippen LogP contribution in [0, 0.1) is 11.3 Å². The average Bonchev–Trinajstić information content (AvgIpc) is 2.55. The third kappa shape index (κ3) is 3.76. The first-order chi connectivity index (χ1) is 9.20. The van der Waals surface area contributed by atoms with E-state index in [0.29, 0.717) is 18.5 Å². The summed E-state index contributed by atoms with van der Waals surface area (Å²) in [6.07, 6.45) is 5.49. The molecule has 102 valence electrons. The highest BCUT2D eigenvalue weighted by Gasteiger charge is 2.26. The number of rotatable bonds is 3. The van der Waals surface area contributed by atoms with Gasteiger partial charge in [-0.1, -0.05) is 6.07 Å². The van der Waals surface area contributed by atoms with Crippen molar-refractivity contribution in [3.63, 3.8) is 0 Å². The predicted octanol–water partition coefficient (Wildman–Crippen LogP) is 1.89. The number of nitrogens with zero attached hydrogens (tertiary/aromatic N) is 4. The summed E-state index contributed by atoms with van der Waals surface area (Å²) >= 11 is 0. The van der Waals surface area contributed by atoms with Crippen LogP contribution in [-0.2, 0) is 6.54 Å². The van der Waals surface area contributed by atoms with Gasteiger partial charge >= 0.3 is 0 Å². The van der Waals surface area contributed by atoms with Crippen molar-refractivity contribution in [2.45, 2.75) is 38.4 Å². The van der Waals surface area contributed by atoms with Crippen molar-refractivity contribution in [1.82, 2.24) is 14.8 Å². The molecule has 0 spiro atoms. The highest BCUT2D eigenvalue weighted by Crippen LogP contribution is 2.18. The summed E-state index contributed by atoms with van der Waals surface area (Å²) in [7, 11) is 2.13. The van der Waals surface area contributed by atoms with Crippen LogP contribution in [0.2, 0.25) is 0 Å². The molecule has 0 N–H and O–H groups in total. The molecule has 0 radical (unpaired) electrons. The van der Waals surface area contributed by atoms with Crippen LogP contribution in [0.15, 0.2) is 24.5 Å². The lowest BCUT2D eigenvalue weighted by Crippen LogP contribution is -2.40. The van der Waals surface area contributed by atoms with Gasteiger partial charge in [0, 0.05) is 37.6 Å². The maximum atomic E-state index is 8.96. The highest BCUT2D eigenvalue weighted by molar-refractivity contribution is 5.08.